The zero-order chi connectivity index (χ0) is 25.2. The van der Waals surface area contributed by atoms with Crippen molar-refractivity contribution >= 4 is 20.9 Å². The summed E-state index contributed by atoms with van der Waals surface area (Å²) in [6, 6.07) is 7.85. The Bertz CT molecular complexity index is 1570. The fraction of sp³-hybridized carbons (Fsp3) is 0.227. The van der Waals surface area contributed by atoms with Crippen LogP contribution in [0.5, 0.6) is 11.6 Å². The van der Waals surface area contributed by atoms with Gasteiger partial charge in [0.25, 0.3) is 0 Å². The maximum absolute atomic E-state index is 14.1. The van der Waals surface area contributed by atoms with Crippen molar-refractivity contribution in [2.24, 2.45) is 7.05 Å². The number of alkyl halides is 4. The number of imidazole rings is 1. The number of pyridine rings is 2. The monoisotopic (exact) mass is 508 g/mol. The lowest BCUT2D eigenvalue weighted by atomic mass is 10.1. The van der Waals surface area contributed by atoms with Crippen LogP contribution in [0.4, 0.5) is 17.6 Å². The minimum Gasteiger partial charge on any atom is -0.437 e. The highest BCUT2D eigenvalue weighted by Crippen LogP contribution is 2.52. The first-order chi connectivity index (χ1) is 16.4. The number of halogens is 4. The van der Waals surface area contributed by atoms with Gasteiger partial charge in [-0.2, -0.15) is 17.6 Å². The van der Waals surface area contributed by atoms with E-state index in [9.17, 15) is 26.0 Å². The van der Waals surface area contributed by atoms with Crippen LogP contribution < -0.4 is 4.74 Å². The molecule has 0 saturated carbocycles. The van der Waals surface area contributed by atoms with E-state index in [0.29, 0.717) is 0 Å². The smallest absolute Gasteiger partial charge is 0.388 e. The first-order valence-electron chi connectivity index (χ1n) is 10.2. The number of benzene rings is 1. The van der Waals surface area contributed by atoms with Gasteiger partial charge in [-0.25, -0.2) is 28.1 Å². The van der Waals surface area contributed by atoms with E-state index in [1.165, 1.54) is 37.0 Å². The molecule has 1 aromatic carbocycles. The zero-order valence-electron chi connectivity index (χ0n) is 18.2. The molecule has 0 bridgehead atoms. The van der Waals surface area contributed by atoms with Crippen LogP contribution in [0.1, 0.15) is 18.1 Å². The van der Waals surface area contributed by atoms with Gasteiger partial charge >= 0.3 is 12.2 Å². The summed E-state index contributed by atoms with van der Waals surface area (Å²) in [6.07, 6.45) is -5.65. The average Bonchev–Trinajstić information content (AvgIpc) is 3.22. The van der Waals surface area contributed by atoms with E-state index in [0.717, 1.165) is 12.1 Å². The molecule has 35 heavy (non-hydrogen) atoms. The van der Waals surface area contributed by atoms with Gasteiger partial charge in [0.05, 0.1) is 34.1 Å². The Labute approximate surface area is 196 Å². The number of sulfone groups is 1. The summed E-state index contributed by atoms with van der Waals surface area (Å²) in [6.45, 7) is 1.44. The molecule has 0 unspecified atom stereocenters. The fourth-order valence-electron chi connectivity index (χ4n) is 3.77. The molecule has 1 aliphatic heterocycles. The van der Waals surface area contributed by atoms with E-state index in [1.807, 2.05) is 0 Å². The van der Waals surface area contributed by atoms with Gasteiger partial charge in [-0.15, -0.1) is 0 Å². The standard InChI is InChI=1S/C22H16F4N4O4S/c1-3-35(31,32)17-8-12(33-18-6-4-5-7-27-18)11-28-19(17)20-29-15-9-13-14(10-16(15)30(20)2)22(25,26)34-21(13,23)24/h4-11H,3H2,1-2H3. The number of rotatable bonds is 5. The summed E-state index contributed by atoms with van der Waals surface area (Å²) in [7, 11) is -2.43. The molecule has 182 valence electrons. The first kappa shape index (κ1) is 23.2. The van der Waals surface area contributed by atoms with Crippen LogP contribution in [0.15, 0.2) is 53.7 Å². The van der Waals surface area contributed by atoms with E-state index in [-0.39, 0.29) is 44.8 Å². The van der Waals surface area contributed by atoms with Crippen molar-refractivity contribution in [2.75, 3.05) is 5.75 Å². The van der Waals surface area contributed by atoms with Crippen LogP contribution in [0.25, 0.3) is 22.6 Å². The predicted octanol–water partition coefficient (Wildman–Crippen LogP) is 4.75. The molecule has 0 fully saturated rings. The summed E-state index contributed by atoms with van der Waals surface area (Å²) in [5.41, 5.74) is -2.08. The quantitative estimate of drug-likeness (QED) is 0.359. The van der Waals surface area contributed by atoms with Crippen LogP contribution >= 0.6 is 0 Å². The second-order valence-corrected chi connectivity index (χ2v) is 9.95. The third-order valence-electron chi connectivity index (χ3n) is 5.52. The van der Waals surface area contributed by atoms with E-state index in [1.54, 1.807) is 18.2 Å². The Morgan fingerprint density at radius 1 is 1.06 bits per heavy atom. The van der Waals surface area contributed by atoms with E-state index >= 15 is 0 Å². The Hall–Kier alpha value is -3.58. The summed E-state index contributed by atoms with van der Waals surface area (Å²) in [5, 5.41) is 0. The zero-order valence-corrected chi connectivity index (χ0v) is 19.0. The molecule has 0 atom stereocenters. The van der Waals surface area contributed by atoms with Gasteiger partial charge < -0.3 is 9.30 Å². The molecule has 0 radical (unpaired) electrons. The molecule has 5 rings (SSSR count). The second-order valence-electron chi connectivity index (χ2n) is 7.71. The highest BCUT2D eigenvalue weighted by atomic mass is 32.2. The molecule has 13 heteroatoms. The van der Waals surface area contributed by atoms with Crippen molar-refractivity contribution in [3.05, 3.63) is 59.9 Å². The molecule has 4 aromatic rings. The number of fused-ring (bicyclic) bond motifs is 2. The molecule has 1 aliphatic rings. The summed E-state index contributed by atoms with van der Waals surface area (Å²) in [4.78, 5) is 12.3. The summed E-state index contributed by atoms with van der Waals surface area (Å²) < 4.78 is 92.5. The molecule has 0 saturated heterocycles. The maximum Gasteiger partial charge on any atom is 0.388 e. The van der Waals surface area contributed by atoms with Gasteiger partial charge in [0.2, 0.25) is 5.88 Å². The number of hydrogen-bond donors (Lipinski definition) is 0. The summed E-state index contributed by atoms with van der Waals surface area (Å²) >= 11 is 0. The Kier molecular flexibility index (Phi) is 5.11. The van der Waals surface area contributed by atoms with Crippen LogP contribution in [-0.4, -0.2) is 33.7 Å². The van der Waals surface area contributed by atoms with E-state index < -0.39 is 33.2 Å². The molecule has 4 heterocycles. The molecule has 0 N–H and O–H groups in total. The predicted molar refractivity (Wildman–Crippen MR) is 115 cm³/mol. The van der Waals surface area contributed by atoms with Crippen molar-refractivity contribution < 1.29 is 35.5 Å². The lowest BCUT2D eigenvalue weighted by Crippen LogP contribution is -2.17. The molecule has 8 nitrogen and oxygen atoms in total. The summed E-state index contributed by atoms with van der Waals surface area (Å²) in [5.74, 6) is 0.00689. The van der Waals surface area contributed by atoms with Crippen LogP contribution in [0.2, 0.25) is 0 Å². The lowest BCUT2D eigenvalue weighted by molar-refractivity contribution is -0.369. The largest absolute Gasteiger partial charge is 0.437 e. The fourth-order valence-corrected chi connectivity index (χ4v) is 4.82. The number of ether oxygens (including phenoxy) is 2. The van der Waals surface area contributed by atoms with Gasteiger partial charge in [-0.3, -0.25) is 0 Å². The SMILES string of the molecule is CCS(=O)(=O)c1cc(Oc2ccccn2)cnc1-c1nc2cc3c(cc2n1C)C(F)(F)OC3(F)F. The van der Waals surface area contributed by atoms with Crippen molar-refractivity contribution in [1.29, 1.82) is 0 Å². The molecular formula is C22H16F4N4O4S. The molecule has 3 aromatic heterocycles. The minimum atomic E-state index is -4.20. The van der Waals surface area contributed by atoms with Crippen LogP contribution in [0.3, 0.4) is 0 Å². The number of nitrogens with zero attached hydrogens (tertiary/aromatic N) is 4. The Balaban J connectivity index is 1.68. The highest BCUT2D eigenvalue weighted by molar-refractivity contribution is 7.91. The topological polar surface area (TPSA) is 96.2 Å². The van der Waals surface area contributed by atoms with Crippen molar-refractivity contribution in [3.63, 3.8) is 0 Å². The first-order valence-corrected chi connectivity index (χ1v) is 11.9. The van der Waals surface area contributed by atoms with Gasteiger partial charge in [0.1, 0.15) is 16.3 Å². The van der Waals surface area contributed by atoms with E-state index in [4.69, 9.17) is 4.74 Å². The number of aromatic nitrogens is 4. The maximum atomic E-state index is 14.1. The Morgan fingerprint density at radius 2 is 1.77 bits per heavy atom. The normalized spacial score (nSPS) is 16.4. The van der Waals surface area contributed by atoms with Crippen molar-refractivity contribution in [3.8, 4) is 23.1 Å². The van der Waals surface area contributed by atoms with Gasteiger partial charge in [-0.1, -0.05) is 13.0 Å². The van der Waals surface area contributed by atoms with E-state index in [2.05, 4.69) is 19.7 Å². The van der Waals surface area contributed by atoms with Crippen molar-refractivity contribution in [1.82, 2.24) is 19.5 Å². The average molecular weight is 508 g/mol. The number of aryl methyl sites for hydroxylation is 1. The number of hydrogen-bond acceptors (Lipinski definition) is 7. The molecule has 0 spiro atoms. The van der Waals surface area contributed by atoms with Gasteiger partial charge in [-0.05, 0) is 18.2 Å². The van der Waals surface area contributed by atoms with Gasteiger partial charge in [0.15, 0.2) is 15.7 Å². The van der Waals surface area contributed by atoms with Crippen LogP contribution in [-0.2, 0) is 33.8 Å². The van der Waals surface area contributed by atoms with Gasteiger partial charge in [0, 0.05) is 25.4 Å². The molecular weight excluding hydrogens is 492 g/mol. The third-order valence-corrected chi connectivity index (χ3v) is 7.26. The lowest BCUT2D eigenvalue weighted by Gasteiger charge is -2.12. The third kappa shape index (κ3) is 3.80. The second kappa shape index (κ2) is 7.71. The molecule has 0 amide bonds. The van der Waals surface area contributed by atoms with Crippen LogP contribution in [0, 0.1) is 0 Å². The highest BCUT2D eigenvalue weighted by Gasteiger charge is 2.57. The molecule has 0 aliphatic carbocycles. The minimum absolute atomic E-state index is 0.0207. The van der Waals surface area contributed by atoms with Crippen molar-refractivity contribution in [2.45, 2.75) is 24.0 Å². The Morgan fingerprint density at radius 3 is 2.43 bits per heavy atom.